The number of carbonyl (C=O) groups is 1. The Morgan fingerprint density at radius 3 is 2.22 bits per heavy atom. The van der Waals surface area contributed by atoms with Crippen molar-refractivity contribution in [1.82, 2.24) is 15.1 Å². The fourth-order valence-electron chi connectivity index (χ4n) is 5.05. The zero-order valence-corrected chi connectivity index (χ0v) is 19.1. The second-order valence-corrected chi connectivity index (χ2v) is 8.33. The van der Waals surface area contributed by atoms with E-state index in [4.69, 9.17) is 5.73 Å². The quantitative estimate of drug-likeness (QED) is 0.683. The number of amides is 1. The minimum absolute atomic E-state index is 0. The average molecular weight is 446 g/mol. The van der Waals surface area contributed by atoms with Gasteiger partial charge in [-0.3, -0.25) is 9.69 Å². The van der Waals surface area contributed by atoms with E-state index in [0.717, 1.165) is 38.9 Å². The van der Waals surface area contributed by atoms with Gasteiger partial charge in [0.2, 0.25) is 5.91 Å². The van der Waals surface area contributed by atoms with Crippen molar-refractivity contribution in [1.29, 1.82) is 0 Å². The van der Waals surface area contributed by atoms with Crippen LogP contribution in [-0.2, 0) is 4.79 Å². The molecule has 0 radical (unpaired) electrons. The second kappa shape index (κ2) is 12.7. The van der Waals surface area contributed by atoms with Crippen LogP contribution in [0.15, 0.2) is 0 Å². The van der Waals surface area contributed by atoms with Gasteiger partial charge in [0, 0.05) is 18.0 Å². The molecule has 27 heavy (non-hydrogen) atoms. The van der Waals surface area contributed by atoms with Crippen molar-refractivity contribution < 1.29 is 4.79 Å². The Morgan fingerprint density at radius 2 is 1.63 bits per heavy atom. The van der Waals surface area contributed by atoms with Crippen LogP contribution in [0.5, 0.6) is 0 Å². The largest absolute Gasteiger partial charge is 0.354 e. The van der Waals surface area contributed by atoms with Gasteiger partial charge in [0.1, 0.15) is 0 Å². The molecule has 1 aliphatic carbocycles. The number of rotatable bonds is 5. The summed E-state index contributed by atoms with van der Waals surface area (Å²) in [6.45, 7) is 6.17. The number of likely N-dealkylation sites (tertiary alicyclic amines) is 2. The molecule has 3 fully saturated rings. The minimum Gasteiger partial charge on any atom is -0.354 e. The Kier molecular flexibility index (Phi) is 12.8. The highest BCUT2D eigenvalue weighted by Crippen LogP contribution is 2.33. The maximum Gasteiger partial charge on any atom is 0.223 e. The summed E-state index contributed by atoms with van der Waals surface area (Å²) in [4.78, 5) is 17.9. The number of nitrogens with one attached hydrogen (secondary N) is 1. The van der Waals surface area contributed by atoms with Gasteiger partial charge in [0.15, 0.2) is 0 Å². The molecular formula is C19H39Cl3N4O. The molecule has 0 aromatic carbocycles. The van der Waals surface area contributed by atoms with Crippen LogP contribution in [0.3, 0.4) is 0 Å². The molecule has 3 N–H and O–H groups in total. The Morgan fingerprint density at radius 1 is 1.00 bits per heavy atom. The lowest BCUT2D eigenvalue weighted by Crippen LogP contribution is -2.61. The van der Waals surface area contributed by atoms with Gasteiger partial charge in [-0.2, -0.15) is 0 Å². The summed E-state index contributed by atoms with van der Waals surface area (Å²) >= 11 is 0. The summed E-state index contributed by atoms with van der Waals surface area (Å²) in [5.41, 5.74) is 6.05. The van der Waals surface area contributed by atoms with E-state index in [0.29, 0.717) is 12.5 Å². The van der Waals surface area contributed by atoms with Gasteiger partial charge < -0.3 is 16.0 Å². The molecule has 1 saturated carbocycles. The zero-order chi connectivity index (χ0) is 17.0. The van der Waals surface area contributed by atoms with E-state index in [1.54, 1.807) is 0 Å². The predicted octanol–water partition coefficient (Wildman–Crippen LogP) is 2.69. The topological polar surface area (TPSA) is 61.6 Å². The third-order valence-corrected chi connectivity index (χ3v) is 6.83. The number of piperidine rings is 2. The first-order chi connectivity index (χ1) is 11.6. The summed E-state index contributed by atoms with van der Waals surface area (Å²) in [6.07, 6.45) is 9.63. The van der Waals surface area contributed by atoms with Crippen LogP contribution in [0.25, 0.3) is 0 Å². The highest BCUT2D eigenvalue weighted by Gasteiger charge is 2.41. The Bertz CT molecular complexity index is 427. The summed E-state index contributed by atoms with van der Waals surface area (Å²) < 4.78 is 0. The van der Waals surface area contributed by atoms with E-state index >= 15 is 0 Å². The number of nitrogens with zero attached hydrogens (tertiary/aromatic N) is 2. The number of hydrogen-bond acceptors (Lipinski definition) is 4. The van der Waals surface area contributed by atoms with Gasteiger partial charge in [0.25, 0.3) is 0 Å². The van der Waals surface area contributed by atoms with Gasteiger partial charge in [-0.25, -0.2) is 0 Å². The summed E-state index contributed by atoms with van der Waals surface area (Å²) in [6, 6.07) is 0. The second-order valence-electron chi connectivity index (χ2n) is 8.33. The maximum atomic E-state index is 12.8. The molecule has 0 aromatic heterocycles. The molecule has 0 unspecified atom stereocenters. The standard InChI is InChI=1S/C19H36N4O.3ClH/c1-22-12-8-19(9-13-22,23-10-3-2-4-11-23)15-21-18(24)17-7-5-6-16(17)14-20;;;/h16-17H,2-15,20H2,1H3,(H,21,24);3*1H/t16-,17-;;;/m1.../s1. The van der Waals surface area contributed by atoms with Gasteiger partial charge >= 0.3 is 0 Å². The molecule has 2 heterocycles. The van der Waals surface area contributed by atoms with Crippen LogP contribution >= 0.6 is 37.2 Å². The van der Waals surface area contributed by atoms with Crippen LogP contribution < -0.4 is 11.1 Å². The van der Waals surface area contributed by atoms with E-state index < -0.39 is 0 Å². The van der Waals surface area contributed by atoms with Gasteiger partial charge in [-0.05, 0) is 84.2 Å². The van der Waals surface area contributed by atoms with Crippen molar-refractivity contribution in [2.75, 3.05) is 46.3 Å². The van der Waals surface area contributed by atoms with Crippen LogP contribution in [0, 0.1) is 11.8 Å². The van der Waals surface area contributed by atoms with E-state index in [1.165, 1.54) is 45.2 Å². The van der Waals surface area contributed by atoms with Crippen LogP contribution in [0.2, 0.25) is 0 Å². The minimum atomic E-state index is 0. The first-order valence-corrected chi connectivity index (χ1v) is 10.1. The van der Waals surface area contributed by atoms with E-state index in [-0.39, 0.29) is 54.6 Å². The highest BCUT2D eigenvalue weighted by molar-refractivity contribution is 5.86. The smallest absolute Gasteiger partial charge is 0.223 e. The normalized spacial score (nSPS) is 28.4. The third-order valence-electron chi connectivity index (χ3n) is 6.83. The molecule has 5 nitrogen and oxygen atoms in total. The predicted molar refractivity (Wildman–Crippen MR) is 120 cm³/mol. The summed E-state index contributed by atoms with van der Waals surface area (Å²) in [5.74, 6) is 0.811. The van der Waals surface area contributed by atoms with Crippen molar-refractivity contribution in [2.45, 2.75) is 56.9 Å². The number of hydrogen-bond donors (Lipinski definition) is 2. The van der Waals surface area contributed by atoms with Crippen molar-refractivity contribution >= 4 is 43.1 Å². The molecule has 2 aliphatic heterocycles. The molecule has 162 valence electrons. The van der Waals surface area contributed by atoms with Crippen molar-refractivity contribution in [3.63, 3.8) is 0 Å². The lowest BCUT2D eigenvalue weighted by atomic mass is 9.83. The first-order valence-electron chi connectivity index (χ1n) is 10.1. The number of carbonyl (C=O) groups excluding carboxylic acids is 1. The molecule has 3 rings (SSSR count). The van der Waals surface area contributed by atoms with Gasteiger partial charge in [-0.1, -0.05) is 12.8 Å². The van der Waals surface area contributed by atoms with Crippen molar-refractivity contribution in [2.24, 2.45) is 17.6 Å². The lowest BCUT2D eigenvalue weighted by Gasteiger charge is -2.50. The third kappa shape index (κ3) is 6.61. The molecule has 0 spiro atoms. The molecule has 8 heteroatoms. The zero-order valence-electron chi connectivity index (χ0n) is 16.7. The van der Waals surface area contributed by atoms with Gasteiger partial charge in [-0.15, -0.1) is 37.2 Å². The van der Waals surface area contributed by atoms with Crippen LogP contribution in [-0.4, -0.2) is 67.6 Å². The van der Waals surface area contributed by atoms with E-state index in [2.05, 4.69) is 22.2 Å². The van der Waals surface area contributed by atoms with Crippen molar-refractivity contribution in [3.8, 4) is 0 Å². The Hall–Kier alpha value is 0.220. The van der Waals surface area contributed by atoms with Crippen LogP contribution in [0.1, 0.15) is 51.4 Å². The average Bonchev–Trinajstić information content (AvgIpc) is 3.11. The molecular weight excluding hydrogens is 407 g/mol. The fraction of sp³-hybridized carbons (Fsp3) is 0.947. The van der Waals surface area contributed by atoms with E-state index in [9.17, 15) is 4.79 Å². The molecule has 0 aromatic rings. The summed E-state index contributed by atoms with van der Waals surface area (Å²) in [5, 5.41) is 3.36. The van der Waals surface area contributed by atoms with Crippen LogP contribution in [0.4, 0.5) is 0 Å². The van der Waals surface area contributed by atoms with Gasteiger partial charge in [0.05, 0.1) is 0 Å². The molecule has 2 saturated heterocycles. The summed E-state index contributed by atoms with van der Waals surface area (Å²) in [7, 11) is 2.21. The van der Waals surface area contributed by atoms with Crippen molar-refractivity contribution in [3.05, 3.63) is 0 Å². The fourth-order valence-corrected chi connectivity index (χ4v) is 5.05. The number of halogens is 3. The number of nitrogens with two attached hydrogens (primary N) is 1. The molecule has 1 amide bonds. The monoisotopic (exact) mass is 444 g/mol. The SMILES string of the molecule is CN1CCC(CNC(=O)[C@@H]2CCC[C@@H]2CN)(N2CCCCC2)CC1.Cl.Cl.Cl. The Balaban J connectivity index is 0.00000225. The highest BCUT2D eigenvalue weighted by atomic mass is 35.5. The van der Waals surface area contributed by atoms with E-state index in [1.807, 2.05) is 0 Å². The first kappa shape index (κ1) is 27.2. The molecule has 2 atom stereocenters. The molecule has 0 bridgehead atoms. The lowest BCUT2D eigenvalue weighted by molar-refractivity contribution is -0.127. The molecule has 3 aliphatic rings. The Labute approximate surface area is 183 Å². The maximum absolute atomic E-state index is 12.8.